The molecule has 0 fully saturated rings. The van der Waals surface area contributed by atoms with Gasteiger partial charge < -0.3 is 4.98 Å². The van der Waals surface area contributed by atoms with Crippen molar-refractivity contribution < 1.29 is 4.39 Å². The monoisotopic (exact) mass is 220 g/mol. The van der Waals surface area contributed by atoms with Gasteiger partial charge >= 0.3 is 0 Å². The predicted molar refractivity (Wildman–Crippen MR) is 58.6 cm³/mol. The smallest absolute Gasteiger partial charge is 0.126 e. The SMILES string of the molecule is Fc1ccccc1Cc1nccc(=S)[nH]1. The second kappa shape index (κ2) is 4.31. The van der Waals surface area contributed by atoms with E-state index in [1.54, 1.807) is 30.5 Å². The Labute approximate surface area is 91.8 Å². The molecule has 0 aliphatic carbocycles. The Morgan fingerprint density at radius 3 is 2.80 bits per heavy atom. The van der Waals surface area contributed by atoms with Crippen molar-refractivity contribution in [2.45, 2.75) is 6.42 Å². The lowest BCUT2D eigenvalue weighted by atomic mass is 10.1. The van der Waals surface area contributed by atoms with Crippen LogP contribution in [0.4, 0.5) is 4.39 Å². The predicted octanol–water partition coefficient (Wildman–Crippen LogP) is 2.87. The summed E-state index contributed by atoms with van der Waals surface area (Å²) in [5.41, 5.74) is 0.613. The van der Waals surface area contributed by atoms with E-state index in [0.717, 1.165) is 0 Å². The third-order valence-electron chi connectivity index (χ3n) is 2.04. The lowest BCUT2D eigenvalue weighted by Crippen LogP contribution is -1.97. The molecular formula is C11H9FN2S. The quantitative estimate of drug-likeness (QED) is 0.788. The van der Waals surface area contributed by atoms with Crippen LogP contribution in [0.1, 0.15) is 11.4 Å². The largest absolute Gasteiger partial charge is 0.335 e. The van der Waals surface area contributed by atoms with Crippen LogP contribution in [0.25, 0.3) is 0 Å². The van der Waals surface area contributed by atoms with Gasteiger partial charge in [0.15, 0.2) is 0 Å². The summed E-state index contributed by atoms with van der Waals surface area (Å²) < 4.78 is 13.9. The first-order chi connectivity index (χ1) is 7.25. The number of benzene rings is 1. The molecule has 76 valence electrons. The Bertz CT molecular complexity index is 522. The average Bonchev–Trinajstić information content (AvgIpc) is 2.22. The number of aromatic amines is 1. The summed E-state index contributed by atoms with van der Waals surface area (Å²) in [6, 6.07) is 8.34. The van der Waals surface area contributed by atoms with E-state index in [9.17, 15) is 4.39 Å². The molecule has 0 spiro atoms. The lowest BCUT2D eigenvalue weighted by molar-refractivity contribution is 0.612. The van der Waals surface area contributed by atoms with E-state index in [4.69, 9.17) is 12.2 Å². The third-order valence-corrected chi connectivity index (χ3v) is 2.28. The molecular weight excluding hydrogens is 211 g/mol. The highest BCUT2D eigenvalue weighted by Crippen LogP contribution is 2.09. The molecule has 1 N–H and O–H groups in total. The Hall–Kier alpha value is -1.55. The van der Waals surface area contributed by atoms with Crippen LogP contribution in [0.2, 0.25) is 0 Å². The van der Waals surface area contributed by atoms with Crippen molar-refractivity contribution in [3.8, 4) is 0 Å². The number of hydrogen-bond donors (Lipinski definition) is 1. The minimum Gasteiger partial charge on any atom is -0.335 e. The zero-order chi connectivity index (χ0) is 10.7. The van der Waals surface area contributed by atoms with Crippen LogP contribution >= 0.6 is 12.2 Å². The van der Waals surface area contributed by atoms with Gasteiger partial charge in [-0.25, -0.2) is 9.37 Å². The summed E-state index contributed by atoms with van der Waals surface area (Å²) in [6.45, 7) is 0. The second-order valence-electron chi connectivity index (χ2n) is 3.15. The van der Waals surface area contributed by atoms with Crippen LogP contribution in [0.5, 0.6) is 0 Å². The van der Waals surface area contributed by atoms with Gasteiger partial charge in [-0.2, -0.15) is 0 Å². The van der Waals surface area contributed by atoms with Crippen molar-refractivity contribution >= 4 is 12.2 Å². The van der Waals surface area contributed by atoms with Crippen molar-refractivity contribution in [3.63, 3.8) is 0 Å². The summed E-state index contributed by atoms with van der Waals surface area (Å²) >= 11 is 4.96. The molecule has 0 saturated heterocycles. The maximum Gasteiger partial charge on any atom is 0.126 e. The van der Waals surface area contributed by atoms with Gasteiger partial charge in [0, 0.05) is 12.6 Å². The first kappa shape index (κ1) is 9.98. The van der Waals surface area contributed by atoms with Gasteiger partial charge in [-0.3, -0.25) is 0 Å². The molecule has 2 nitrogen and oxygen atoms in total. The van der Waals surface area contributed by atoms with Gasteiger partial charge in [0.25, 0.3) is 0 Å². The van der Waals surface area contributed by atoms with Crippen LogP contribution in [0, 0.1) is 10.5 Å². The zero-order valence-electron chi connectivity index (χ0n) is 7.90. The molecule has 0 amide bonds. The van der Waals surface area contributed by atoms with Gasteiger partial charge in [0.1, 0.15) is 16.3 Å². The Morgan fingerprint density at radius 2 is 2.07 bits per heavy atom. The second-order valence-corrected chi connectivity index (χ2v) is 3.59. The minimum absolute atomic E-state index is 0.220. The number of halogens is 1. The van der Waals surface area contributed by atoms with Crippen molar-refractivity contribution in [1.29, 1.82) is 0 Å². The van der Waals surface area contributed by atoms with Gasteiger partial charge in [-0.15, -0.1) is 0 Å². The summed E-state index contributed by atoms with van der Waals surface area (Å²) in [7, 11) is 0. The topological polar surface area (TPSA) is 28.7 Å². The number of aromatic nitrogens is 2. The molecule has 2 aromatic rings. The van der Waals surface area contributed by atoms with E-state index in [2.05, 4.69) is 9.97 Å². The van der Waals surface area contributed by atoms with Crippen LogP contribution in [0.15, 0.2) is 36.5 Å². The standard InChI is InChI=1S/C11H9FN2S/c12-9-4-2-1-3-8(9)7-10-13-6-5-11(15)14-10/h1-6H,7H2,(H,13,14,15). The number of H-pyrrole nitrogens is 1. The number of nitrogens with zero attached hydrogens (tertiary/aromatic N) is 1. The molecule has 0 atom stereocenters. The molecule has 0 aliphatic rings. The first-order valence-electron chi connectivity index (χ1n) is 4.53. The molecule has 0 radical (unpaired) electrons. The highest BCUT2D eigenvalue weighted by Gasteiger charge is 2.02. The fourth-order valence-electron chi connectivity index (χ4n) is 1.32. The van der Waals surface area contributed by atoms with Crippen molar-refractivity contribution in [2.24, 2.45) is 0 Å². The van der Waals surface area contributed by atoms with Crippen LogP contribution < -0.4 is 0 Å². The summed E-state index contributed by atoms with van der Waals surface area (Å²) in [6.07, 6.45) is 2.05. The maximum absolute atomic E-state index is 13.3. The van der Waals surface area contributed by atoms with Crippen molar-refractivity contribution in [3.05, 3.63) is 58.4 Å². The molecule has 0 saturated carbocycles. The average molecular weight is 220 g/mol. The van der Waals surface area contributed by atoms with E-state index < -0.39 is 0 Å². The zero-order valence-corrected chi connectivity index (χ0v) is 8.72. The summed E-state index contributed by atoms with van der Waals surface area (Å²) in [5, 5.41) is 0. The molecule has 4 heteroatoms. The van der Waals surface area contributed by atoms with E-state index in [0.29, 0.717) is 22.4 Å². The highest BCUT2D eigenvalue weighted by molar-refractivity contribution is 7.71. The lowest BCUT2D eigenvalue weighted by Gasteiger charge is -2.01. The molecule has 0 unspecified atom stereocenters. The van der Waals surface area contributed by atoms with Crippen molar-refractivity contribution in [1.82, 2.24) is 9.97 Å². The Balaban J connectivity index is 2.30. The van der Waals surface area contributed by atoms with E-state index >= 15 is 0 Å². The van der Waals surface area contributed by atoms with Crippen LogP contribution in [0.3, 0.4) is 0 Å². The normalized spacial score (nSPS) is 10.2. The molecule has 1 aromatic carbocycles. The molecule has 1 aromatic heterocycles. The maximum atomic E-state index is 13.3. The molecule has 0 aliphatic heterocycles. The fourth-order valence-corrected chi connectivity index (χ4v) is 1.50. The minimum atomic E-state index is -0.220. The van der Waals surface area contributed by atoms with E-state index in [1.807, 2.05) is 0 Å². The van der Waals surface area contributed by atoms with Gasteiger partial charge in [-0.05, 0) is 17.7 Å². The van der Waals surface area contributed by atoms with Gasteiger partial charge in [0.05, 0.1) is 0 Å². The summed E-state index contributed by atoms with van der Waals surface area (Å²) in [4.78, 5) is 7.01. The molecule has 15 heavy (non-hydrogen) atoms. The first-order valence-corrected chi connectivity index (χ1v) is 4.94. The Morgan fingerprint density at radius 1 is 1.27 bits per heavy atom. The number of rotatable bonds is 2. The Kier molecular flexibility index (Phi) is 2.87. The third kappa shape index (κ3) is 2.47. The van der Waals surface area contributed by atoms with Crippen LogP contribution in [-0.2, 0) is 6.42 Å². The highest BCUT2D eigenvalue weighted by atomic mass is 32.1. The number of hydrogen-bond acceptors (Lipinski definition) is 2. The van der Waals surface area contributed by atoms with Crippen LogP contribution in [-0.4, -0.2) is 9.97 Å². The van der Waals surface area contributed by atoms with E-state index in [1.165, 1.54) is 6.07 Å². The van der Waals surface area contributed by atoms with Crippen molar-refractivity contribution in [2.75, 3.05) is 0 Å². The van der Waals surface area contributed by atoms with Gasteiger partial charge in [0.2, 0.25) is 0 Å². The summed E-state index contributed by atoms with van der Waals surface area (Å²) in [5.74, 6) is 0.454. The fraction of sp³-hybridized carbons (Fsp3) is 0.0909. The van der Waals surface area contributed by atoms with E-state index in [-0.39, 0.29) is 5.82 Å². The number of nitrogens with one attached hydrogen (secondary N) is 1. The van der Waals surface area contributed by atoms with Gasteiger partial charge in [-0.1, -0.05) is 30.4 Å². The molecule has 2 rings (SSSR count). The molecule has 1 heterocycles. The molecule has 0 bridgehead atoms.